The highest BCUT2D eigenvalue weighted by molar-refractivity contribution is 7.92. The molecule has 2 aliphatic rings. The standard InChI is InChI=1S/C16H21NO5S/c1-11(18)17-9-12-10-21-16-8-14(6-7-15(16)22-12)23(19,20)13-4-2-3-5-13/h6-8,12-13H,2-5,9-10H2,1H3,(H,17,18). The molecule has 126 valence electrons. The lowest BCUT2D eigenvalue weighted by atomic mass is 10.2. The number of carbonyl (C=O) groups excluding carboxylic acids is 1. The lowest BCUT2D eigenvalue weighted by molar-refractivity contribution is -0.119. The molecule has 1 aliphatic heterocycles. The van der Waals surface area contributed by atoms with Gasteiger partial charge in [0, 0.05) is 13.0 Å². The Morgan fingerprint density at radius 1 is 1.26 bits per heavy atom. The van der Waals surface area contributed by atoms with E-state index in [4.69, 9.17) is 9.47 Å². The molecule has 6 nitrogen and oxygen atoms in total. The second kappa shape index (κ2) is 6.39. The molecule has 1 atom stereocenters. The summed E-state index contributed by atoms with van der Waals surface area (Å²) in [5, 5.41) is 2.40. The molecule has 0 bridgehead atoms. The first-order valence-electron chi connectivity index (χ1n) is 7.88. The Morgan fingerprint density at radius 2 is 2.00 bits per heavy atom. The van der Waals surface area contributed by atoms with Crippen LogP contribution in [-0.2, 0) is 14.6 Å². The van der Waals surface area contributed by atoms with E-state index in [1.807, 2.05) is 0 Å². The number of hydrogen-bond donors (Lipinski definition) is 1. The van der Waals surface area contributed by atoms with Gasteiger partial charge in [0.05, 0.1) is 16.7 Å². The molecule has 1 aliphatic carbocycles. The van der Waals surface area contributed by atoms with Crippen LogP contribution in [0.1, 0.15) is 32.6 Å². The lowest BCUT2D eigenvalue weighted by Crippen LogP contribution is -2.40. The van der Waals surface area contributed by atoms with Crippen LogP contribution in [0.3, 0.4) is 0 Å². The van der Waals surface area contributed by atoms with E-state index < -0.39 is 9.84 Å². The van der Waals surface area contributed by atoms with E-state index in [1.54, 1.807) is 18.2 Å². The number of amides is 1. The van der Waals surface area contributed by atoms with Crippen LogP contribution in [-0.4, -0.2) is 38.8 Å². The smallest absolute Gasteiger partial charge is 0.217 e. The van der Waals surface area contributed by atoms with E-state index in [2.05, 4.69) is 5.32 Å². The molecule has 1 saturated carbocycles. The summed E-state index contributed by atoms with van der Waals surface area (Å²) in [6, 6.07) is 4.77. The number of fused-ring (bicyclic) bond motifs is 1. The number of nitrogens with one attached hydrogen (secondary N) is 1. The van der Waals surface area contributed by atoms with Gasteiger partial charge in [-0.25, -0.2) is 8.42 Å². The van der Waals surface area contributed by atoms with Crippen LogP contribution in [0.25, 0.3) is 0 Å². The van der Waals surface area contributed by atoms with Gasteiger partial charge in [-0.05, 0) is 25.0 Å². The molecule has 1 unspecified atom stereocenters. The molecule has 0 radical (unpaired) electrons. The highest BCUT2D eigenvalue weighted by Gasteiger charge is 2.31. The zero-order chi connectivity index (χ0) is 16.4. The van der Waals surface area contributed by atoms with Gasteiger partial charge in [-0.2, -0.15) is 0 Å². The molecule has 1 aromatic carbocycles. The Bertz CT molecular complexity index is 694. The molecule has 0 aromatic heterocycles. The van der Waals surface area contributed by atoms with Crippen LogP contribution < -0.4 is 14.8 Å². The van der Waals surface area contributed by atoms with E-state index in [9.17, 15) is 13.2 Å². The highest BCUT2D eigenvalue weighted by Crippen LogP contribution is 2.36. The summed E-state index contributed by atoms with van der Waals surface area (Å²) in [7, 11) is -3.30. The maximum Gasteiger partial charge on any atom is 0.217 e. The molecule has 23 heavy (non-hydrogen) atoms. The maximum atomic E-state index is 12.6. The second-order valence-corrected chi connectivity index (χ2v) is 8.28. The van der Waals surface area contributed by atoms with Crippen molar-refractivity contribution in [3.63, 3.8) is 0 Å². The minimum atomic E-state index is -3.30. The van der Waals surface area contributed by atoms with Crippen molar-refractivity contribution >= 4 is 15.7 Å². The zero-order valence-electron chi connectivity index (χ0n) is 13.1. The van der Waals surface area contributed by atoms with Crippen LogP contribution in [0.15, 0.2) is 23.1 Å². The van der Waals surface area contributed by atoms with Gasteiger partial charge in [0.2, 0.25) is 5.91 Å². The maximum absolute atomic E-state index is 12.6. The number of carbonyl (C=O) groups is 1. The average Bonchev–Trinajstić information content (AvgIpc) is 3.07. The minimum absolute atomic E-state index is 0.127. The Morgan fingerprint density at radius 3 is 2.70 bits per heavy atom. The summed E-state index contributed by atoms with van der Waals surface area (Å²) in [5.41, 5.74) is 0. The molecular weight excluding hydrogens is 318 g/mol. The van der Waals surface area contributed by atoms with Gasteiger partial charge >= 0.3 is 0 Å². The lowest BCUT2D eigenvalue weighted by Gasteiger charge is -2.27. The van der Waals surface area contributed by atoms with Crippen molar-refractivity contribution in [1.29, 1.82) is 0 Å². The number of hydrogen-bond acceptors (Lipinski definition) is 5. The summed E-state index contributed by atoms with van der Waals surface area (Å²) in [4.78, 5) is 11.2. The Hall–Kier alpha value is -1.76. The number of sulfone groups is 1. The number of ether oxygens (including phenoxy) is 2. The van der Waals surface area contributed by atoms with E-state index in [1.165, 1.54) is 6.92 Å². The Kier molecular flexibility index (Phi) is 4.48. The van der Waals surface area contributed by atoms with Crippen LogP contribution in [0, 0.1) is 0 Å². The summed E-state index contributed by atoms with van der Waals surface area (Å²) in [5.74, 6) is 0.831. The molecule has 1 aromatic rings. The molecule has 0 saturated heterocycles. The predicted octanol–water partition coefficient (Wildman–Crippen LogP) is 1.68. The molecule has 1 heterocycles. The first kappa shape index (κ1) is 16.1. The normalized spacial score (nSPS) is 21.2. The molecule has 3 rings (SSSR count). The van der Waals surface area contributed by atoms with Crippen LogP contribution in [0.4, 0.5) is 0 Å². The van der Waals surface area contributed by atoms with E-state index in [-0.39, 0.29) is 23.9 Å². The fourth-order valence-corrected chi connectivity index (χ4v) is 4.89. The van der Waals surface area contributed by atoms with Gasteiger partial charge in [0.15, 0.2) is 21.3 Å². The SMILES string of the molecule is CC(=O)NCC1COc2cc(S(=O)(=O)C3CCCC3)ccc2O1. The van der Waals surface area contributed by atoms with Crippen molar-refractivity contribution in [2.24, 2.45) is 0 Å². The summed E-state index contributed by atoms with van der Waals surface area (Å²) in [6.07, 6.45) is 3.13. The predicted molar refractivity (Wildman–Crippen MR) is 84.5 cm³/mol. The fourth-order valence-electron chi connectivity index (χ4n) is 3.02. The monoisotopic (exact) mass is 339 g/mol. The summed E-state index contributed by atoms with van der Waals surface area (Å²) < 4.78 is 36.6. The largest absolute Gasteiger partial charge is 0.486 e. The Balaban J connectivity index is 1.75. The Labute approximate surface area is 136 Å². The van der Waals surface area contributed by atoms with E-state index >= 15 is 0 Å². The minimum Gasteiger partial charge on any atom is -0.486 e. The second-order valence-electron chi connectivity index (χ2n) is 6.05. The molecule has 1 N–H and O–H groups in total. The van der Waals surface area contributed by atoms with Crippen molar-refractivity contribution in [2.75, 3.05) is 13.2 Å². The molecule has 1 amide bonds. The van der Waals surface area contributed by atoms with Crippen molar-refractivity contribution < 1.29 is 22.7 Å². The molecular formula is C16H21NO5S. The third-order valence-electron chi connectivity index (χ3n) is 4.28. The number of benzene rings is 1. The third-order valence-corrected chi connectivity index (χ3v) is 6.54. The average molecular weight is 339 g/mol. The van der Waals surface area contributed by atoms with E-state index in [0.29, 0.717) is 22.9 Å². The van der Waals surface area contributed by atoms with Gasteiger partial charge in [-0.1, -0.05) is 12.8 Å². The molecule has 0 spiro atoms. The van der Waals surface area contributed by atoms with Crippen molar-refractivity contribution in [1.82, 2.24) is 5.32 Å². The van der Waals surface area contributed by atoms with Crippen molar-refractivity contribution in [3.05, 3.63) is 18.2 Å². The quantitative estimate of drug-likeness (QED) is 0.902. The summed E-state index contributed by atoms with van der Waals surface area (Å²) in [6.45, 7) is 2.08. The third kappa shape index (κ3) is 3.44. The van der Waals surface area contributed by atoms with Crippen molar-refractivity contribution in [2.45, 2.75) is 48.9 Å². The van der Waals surface area contributed by atoms with Gasteiger partial charge in [-0.15, -0.1) is 0 Å². The topological polar surface area (TPSA) is 81.7 Å². The fraction of sp³-hybridized carbons (Fsp3) is 0.562. The van der Waals surface area contributed by atoms with Gasteiger partial charge in [-0.3, -0.25) is 4.79 Å². The molecule has 7 heteroatoms. The zero-order valence-corrected chi connectivity index (χ0v) is 13.9. The number of rotatable bonds is 4. The van der Waals surface area contributed by atoms with Gasteiger partial charge in [0.1, 0.15) is 12.7 Å². The van der Waals surface area contributed by atoms with Gasteiger partial charge < -0.3 is 14.8 Å². The van der Waals surface area contributed by atoms with Crippen molar-refractivity contribution in [3.8, 4) is 11.5 Å². The van der Waals surface area contributed by atoms with E-state index in [0.717, 1.165) is 25.7 Å². The summed E-state index contributed by atoms with van der Waals surface area (Å²) >= 11 is 0. The van der Waals surface area contributed by atoms with Crippen LogP contribution in [0.5, 0.6) is 11.5 Å². The van der Waals surface area contributed by atoms with Gasteiger partial charge in [0.25, 0.3) is 0 Å². The molecule has 1 fully saturated rings. The first-order chi connectivity index (χ1) is 11.0. The van der Waals surface area contributed by atoms with Crippen LogP contribution >= 0.6 is 0 Å². The van der Waals surface area contributed by atoms with Crippen LogP contribution in [0.2, 0.25) is 0 Å². The highest BCUT2D eigenvalue weighted by atomic mass is 32.2. The first-order valence-corrected chi connectivity index (χ1v) is 9.43.